The summed E-state index contributed by atoms with van der Waals surface area (Å²) in [5, 5.41) is 10.2. The maximum Gasteiger partial charge on any atom is 0.226 e. The number of hydrogen-bond acceptors (Lipinski definition) is 4. The van der Waals surface area contributed by atoms with Crippen molar-refractivity contribution in [3.05, 3.63) is 12.2 Å². The molecule has 0 fully saturated rings. The van der Waals surface area contributed by atoms with Gasteiger partial charge in [-0.05, 0) is 19.8 Å². The first-order valence-corrected chi connectivity index (χ1v) is 6.66. The number of aromatic nitrogens is 3. The number of carbonyl (C=O) groups excluding carboxylic acids is 1. The van der Waals surface area contributed by atoms with Gasteiger partial charge in [-0.3, -0.25) is 4.79 Å². The van der Waals surface area contributed by atoms with Crippen molar-refractivity contribution < 1.29 is 4.79 Å². The first-order chi connectivity index (χ1) is 8.86. The zero-order chi connectivity index (χ0) is 14.5. The first kappa shape index (κ1) is 15.6. The lowest BCUT2D eigenvalue weighted by Gasteiger charge is -2.22. The van der Waals surface area contributed by atoms with E-state index in [0.29, 0.717) is 19.0 Å². The number of rotatable bonds is 7. The van der Waals surface area contributed by atoms with Crippen molar-refractivity contribution in [2.75, 3.05) is 13.6 Å². The van der Waals surface area contributed by atoms with Crippen molar-refractivity contribution in [3.8, 4) is 0 Å². The van der Waals surface area contributed by atoms with Crippen LogP contribution in [0.2, 0.25) is 0 Å². The van der Waals surface area contributed by atoms with Crippen molar-refractivity contribution >= 4 is 5.91 Å². The third kappa shape index (κ3) is 4.63. The minimum atomic E-state index is -0.433. The number of hydrogen-bond donors (Lipinski definition) is 2. The van der Waals surface area contributed by atoms with Crippen LogP contribution in [-0.4, -0.2) is 34.3 Å². The number of carbonyl (C=O) groups is 1. The Bertz CT molecular complexity index is 411. The Morgan fingerprint density at radius 1 is 1.47 bits per heavy atom. The van der Waals surface area contributed by atoms with Crippen molar-refractivity contribution in [1.29, 1.82) is 0 Å². The molecule has 0 aromatic carbocycles. The Hall–Kier alpha value is -1.43. The first-order valence-electron chi connectivity index (χ1n) is 6.66. The molecule has 0 aliphatic heterocycles. The smallest absolute Gasteiger partial charge is 0.226 e. The molecule has 0 unspecified atom stereocenters. The van der Waals surface area contributed by atoms with E-state index in [0.717, 1.165) is 12.4 Å². The lowest BCUT2D eigenvalue weighted by molar-refractivity contribution is -0.128. The quantitative estimate of drug-likeness (QED) is 0.766. The minimum Gasteiger partial charge on any atom is -0.359 e. The molecular formula is C13H25N5O. The fraction of sp³-hybridized carbons (Fsp3) is 0.769. The van der Waals surface area contributed by atoms with Gasteiger partial charge < -0.3 is 10.6 Å². The fourth-order valence-corrected chi connectivity index (χ4v) is 1.83. The molecule has 6 nitrogen and oxygen atoms in total. The monoisotopic (exact) mass is 267 g/mol. The molecule has 0 saturated heterocycles. The Morgan fingerprint density at radius 2 is 2.16 bits per heavy atom. The van der Waals surface area contributed by atoms with Gasteiger partial charge in [-0.25, -0.2) is 9.67 Å². The van der Waals surface area contributed by atoms with Crippen LogP contribution in [0.15, 0.2) is 6.33 Å². The van der Waals surface area contributed by atoms with Gasteiger partial charge in [0.2, 0.25) is 5.91 Å². The van der Waals surface area contributed by atoms with E-state index in [-0.39, 0.29) is 5.91 Å². The second-order valence-electron chi connectivity index (χ2n) is 5.82. The molecule has 0 aliphatic rings. The predicted molar refractivity (Wildman–Crippen MR) is 74.4 cm³/mol. The van der Waals surface area contributed by atoms with Gasteiger partial charge in [-0.15, -0.1) is 0 Å². The lowest BCUT2D eigenvalue weighted by atomic mass is 9.92. The molecule has 1 aromatic rings. The third-order valence-electron chi connectivity index (χ3n) is 2.93. The topological polar surface area (TPSA) is 71.8 Å². The van der Waals surface area contributed by atoms with Crippen molar-refractivity contribution in [2.24, 2.45) is 11.3 Å². The summed E-state index contributed by atoms with van der Waals surface area (Å²) < 4.78 is 1.91. The highest BCUT2D eigenvalue weighted by atomic mass is 16.2. The summed E-state index contributed by atoms with van der Waals surface area (Å²) >= 11 is 0. The predicted octanol–water partition coefficient (Wildman–Crippen LogP) is 0.796. The summed E-state index contributed by atoms with van der Waals surface area (Å²) in [5.41, 5.74) is -0.433. The summed E-state index contributed by atoms with van der Waals surface area (Å²) in [6.07, 6.45) is 1.57. The molecule has 0 saturated carbocycles. The number of nitrogens with one attached hydrogen (secondary N) is 2. The Kier molecular flexibility index (Phi) is 5.47. The number of nitrogens with zero attached hydrogens (tertiary/aromatic N) is 3. The van der Waals surface area contributed by atoms with E-state index in [1.807, 2.05) is 18.5 Å². The highest BCUT2D eigenvalue weighted by molar-refractivity contribution is 5.81. The van der Waals surface area contributed by atoms with E-state index in [9.17, 15) is 4.79 Å². The van der Waals surface area contributed by atoms with Crippen LogP contribution in [-0.2, 0) is 17.9 Å². The van der Waals surface area contributed by atoms with E-state index >= 15 is 0 Å². The van der Waals surface area contributed by atoms with Crippen LogP contribution in [0.5, 0.6) is 0 Å². The van der Waals surface area contributed by atoms with Gasteiger partial charge in [-0.2, -0.15) is 5.10 Å². The largest absolute Gasteiger partial charge is 0.359 e. The zero-order valence-corrected chi connectivity index (χ0v) is 12.5. The van der Waals surface area contributed by atoms with E-state index in [1.54, 1.807) is 13.4 Å². The van der Waals surface area contributed by atoms with E-state index in [2.05, 4.69) is 34.6 Å². The highest BCUT2D eigenvalue weighted by Gasteiger charge is 2.26. The maximum absolute atomic E-state index is 11.7. The average Bonchev–Trinajstić information content (AvgIpc) is 2.74. The standard InChI is InChI=1S/C13H25N5O/c1-10(2)7-18-11(16-9-17-18)6-15-8-13(3,4)12(19)14-5/h9-10,15H,6-8H2,1-5H3,(H,14,19). The molecule has 0 radical (unpaired) electrons. The van der Waals surface area contributed by atoms with Gasteiger partial charge in [-0.1, -0.05) is 13.8 Å². The summed E-state index contributed by atoms with van der Waals surface area (Å²) in [5.74, 6) is 1.47. The molecular weight excluding hydrogens is 242 g/mol. The van der Waals surface area contributed by atoms with E-state index in [1.165, 1.54) is 0 Å². The van der Waals surface area contributed by atoms with Crippen LogP contribution < -0.4 is 10.6 Å². The molecule has 2 N–H and O–H groups in total. The SMILES string of the molecule is CNC(=O)C(C)(C)CNCc1ncnn1CC(C)C. The average molecular weight is 267 g/mol. The summed E-state index contributed by atoms with van der Waals surface area (Å²) in [6, 6.07) is 0. The van der Waals surface area contributed by atoms with Gasteiger partial charge in [0.1, 0.15) is 12.2 Å². The Labute approximate surface area is 115 Å². The molecule has 0 aliphatic carbocycles. The van der Waals surface area contributed by atoms with Crippen molar-refractivity contribution in [2.45, 2.75) is 40.8 Å². The highest BCUT2D eigenvalue weighted by Crippen LogP contribution is 2.13. The minimum absolute atomic E-state index is 0.0312. The van der Waals surface area contributed by atoms with Crippen molar-refractivity contribution in [1.82, 2.24) is 25.4 Å². The fourth-order valence-electron chi connectivity index (χ4n) is 1.83. The van der Waals surface area contributed by atoms with Crippen LogP contribution in [0.4, 0.5) is 0 Å². The van der Waals surface area contributed by atoms with Gasteiger partial charge in [0, 0.05) is 20.1 Å². The number of amides is 1. The van der Waals surface area contributed by atoms with E-state index in [4.69, 9.17) is 0 Å². The molecule has 1 rings (SSSR count). The van der Waals surface area contributed by atoms with Crippen LogP contribution in [0, 0.1) is 11.3 Å². The second-order valence-corrected chi connectivity index (χ2v) is 5.82. The maximum atomic E-state index is 11.7. The van der Waals surface area contributed by atoms with Crippen LogP contribution in [0.1, 0.15) is 33.5 Å². The molecule has 19 heavy (non-hydrogen) atoms. The van der Waals surface area contributed by atoms with Gasteiger partial charge in [0.25, 0.3) is 0 Å². The van der Waals surface area contributed by atoms with Crippen LogP contribution >= 0.6 is 0 Å². The molecule has 0 spiro atoms. The van der Waals surface area contributed by atoms with E-state index < -0.39 is 5.41 Å². The van der Waals surface area contributed by atoms with Gasteiger partial charge in [0.05, 0.1) is 12.0 Å². The Balaban J connectivity index is 2.49. The lowest BCUT2D eigenvalue weighted by Crippen LogP contribution is -2.42. The second kappa shape index (κ2) is 6.65. The molecule has 108 valence electrons. The van der Waals surface area contributed by atoms with Gasteiger partial charge >= 0.3 is 0 Å². The molecule has 6 heteroatoms. The van der Waals surface area contributed by atoms with Crippen molar-refractivity contribution in [3.63, 3.8) is 0 Å². The van der Waals surface area contributed by atoms with Crippen LogP contribution in [0.25, 0.3) is 0 Å². The Morgan fingerprint density at radius 3 is 2.74 bits per heavy atom. The molecule has 0 atom stereocenters. The van der Waals surface area contributed by atoms with Crippen LogP contribution in [0.3, 0.4) is 0 Å². The molecule has 0 bridgehead atoms. The normalized spacial score (nSPS) is 11.9. The molecule has 1 amide bonds. The molecule has 1 heterocycles. The zero-order valence-electron chi connectivity index (χ0n) is 12.5. The summed E-state index contributed by atoms with van der Waals surface area (Å²) in [4.78, 5) is 15.9. The third-order valence-corrected chi connectivity index (χ3v) is 2.93. The summed E-state index contributed by atoms with van der Waals surface area (Å²) in [7, 11) is 1.66. The van der Waals surface area contributed by atoms with Gasteiger partial charge in [0.15, 0.2) is 0 Å². The summed E-state index contributed by atoms with van der Waals surface area (Å²) in [6.45, 7) is 10.2. The molecule has 1 aromatic heterocycles.